The highest BCUT2D eigenvalue weighted by Crippen LogP contribution is 2.26. The summed E-state index contributed by atoms with van der Waals surface area (Å²) in [4.78, 5) is 12.5. The molecule has 0 aliphatic carbocycles. The first-order chi connectivity index (χ1) is 11.5. The topological polar surface area (TPSA) is 34.0 Å². The molecule has 0 aliphatic heterocycles. The SMILES string of the molecule is CCn1c(C)c(C)c2cc(C(=O)NCc3cccc(Br)c3)ccc21. The molecule has 0 saturated carbocycles. The van der Waals surface area contributed by atoms with Gasteiger partial charge in [-0.05, 0) is 62.2 Å². The van der Waals surface area contributed by atoms with Crippen LogP contribution in [-0.4, -0.2) is 10.5 Å². The molecule has 0 unspecified atom stereocenters. The smallest absolute Gasteiger partial charge is 0.251 e. The number of aromatic nitrogens is 1. The summed E-state index contributed by atoms with van der Waals surface area (Å²) >= 11 is 3.45. The van der Waals surface area contributed by atoms with Gasteiger partial charge in [-0.2, -0.15) is 0 Å². The Morgan fingerprint density at radius 1 is 1.17 bits per heavy atom. The summed E-state index contributed by atoms with van der Waals surface area (Å²) in [5.74, 6) is -0.0434. The first-order valence-electron chi connectivity index (χ1n) is 8.13. The van der Waals surface area contributed by atoms with Crippen LogP contribution in [-0.2, 0) is 13.1 Å². The third-order valence-electron chi connectivity index (χ3n) is 4.56. The summed E-state index contributed by atoms with van der Waals surface area (Å²) in [5, 5.41) is 4.15. The Bertz CT molecular complexity index is 911. The Labute approximate surface area is 150 Å². The molecule has 4 heteroatoms. The number of rotatable bonds is 4. The van der Waals surface area contributed by atoms with Crippen molar-refractivity contribution in [1.29, 1.82) is 0 Å². The zero-order chi connectivity index (χ0) is 17.3. The Morgan fingerprint density at radius 2 is 1.96 bits per heavy atom. The quantitative estimate of drug-likeness (QED) is 0.676. The number of aryl methyl sites for hydroxylation is 2. The van der Waals surface area contributed by atoms with E-state index >= 15 is 0 Å². The summed E-state index contributed by atoms with van der Waals surface area (Å²) in [6.07, 6.45) is 0. The van der Waals surface area contributed by atoms with Gasteiger partial charge in [0.15, 0.2) is 0 Å². The Morgan fingerprint density at radius 3 is 2.67 bits per heavy atom. The van der Waals surface area contributed by atoms with Gasteiger partial charge in [-0.25, -0.2) is 0 Å². The van der Waals surface area contributed by atoms with Gasteiger partial charge in [-0.3, -0.25) is 4.79 Å². The standard InChI is InChI=1S/C20H21BrN2O/c1-4-23-14(3)13(2)18-11-16(8-9-19(18)23)20(24)22-12-15-6-5-7-17(21)10-15/h5-11H,4,12H2,1-3H3,(H,22,24). The molecule has 3 aromatic rings. The van der Waals surface area contributed by atoms with Gasteiger partial charge >= 0.3 is 0 Å². The van der Waals surface area contributed by atoms with E-state index in [1.165, 1.54) is 16.8 Å². The lowest BCUT2D eigenvalue weighted by molar-refractivity contribution is 0.0951. The van der Waals surface area contributed by atoms with Crippen molar-refractivity contribution in [2.24, 2.45) is 0 Å². The number of fused-ring (bicyclic) bond motifs is 1. The third-order valence-corrected chi connectivity index (χ3v) is 5.05. The molecule has 3 rings (SSSR count). The van der Waals surface area contributed by atoms with Crippen LogP contribution < -0.4 is 5.32 Å². The van der Waals surface area contributed by atoms with Crippen molar-refractivity contribution in [3.05, 3.63) is 69.3 Å². The van der Waals surface area contributed by atoms with Crippen molar-refractivity contribution in [2.75, 3.05) is 0 Å². The van der Waals surface area contributed by atoms with E-state index in [0.29, 0.717) is 12.1 Å². The molecule has 24 heavy (non-hydrogen) atoms. The summed E-state index contributed by atoms with van der Waals surface area (Å²) in [6, 6.07) is 13.9. The number of hydrogen-bond donors (Lipinski definition) is 1. The van der Waals surface area contributed by atoms with Crippen molar-refractivity contribution < 1.29 is 4.79 Å². The molecular weight excluding hydrogens is 364 g/mol. The van der Waals surface area contributed by atoms with Gasteiger partial charge in [0.1, 0.15) is 0 Å². The van der Waals surface area contributed by atoms with Crippen LogP contribution in [0.4, 0.5) is 0 Å². The van der Waals surface area contributed by atoms with Crippen LogP contribution in [0, 0.1) is 13.8 Å². The van der Waals surface area contributed by atoms with E-state index in [4.69, 9.17) is 0 Å². The van der Waals surface area contributed by atoms with Crippen LogP contribution in [0.1, 0.15) is 34.1 Å². The Kier molecular flexibility index (Phi) is 4.76. The summed E-state index contributed by atoms with van der Waals surface area (Å²) < 4.78 is 3.30. The van der Waals surface area contributed by atoms with Gasteiger partial charge in [0.2, 0.25) is 0 Å². The van der Waals surface area contributed by atoms with E-state index < -0.39 is 0 Å². The molecule has 0 radical (unpaired) electrons. The first-order valence-corrected chi connectivity index (χ1v) is 8.92. The predicted molar refractivity (Wildman–Crippen MR) is 102 cm³/mol. The van der Waals surface area contributed by atoms with Crippen LogP contribution in [0.15, 0.2) is 46.9 Å². The van der Waals surface area contributed by atoms with Gasteiger partial charge in [0.05, 0.1) is 0 Å². The minimum absolute atomic E-state index is 0.0434. The zero-order valence-electron chi connectivity index (χ0n) is 14.2. The lowest BCUT2D eigenvalue weighted by atomic mass is 10.1. The fraction of sp³-hybridized carbons (Fsp3) is 0.250. The number of nitrogens with zero attached hydrogens (tertiary/aromatic N) is 1. The maximum absolute atomic E-state index is 12.5. The van der Waals surface area contributed by atoms with E-state index in [-0.39, 0.29) is 5.91 Å². The number of halogens is 1. The molecule has 0 atom stereocenters. The second kappa shape index (κ2) is 6.81. The molecule has 0 saturated heterocycles. The Balaban J connectivity index is 1.84. The molecule has 0 bridgehead atoms. The maximum atomic E-state index is 12.5. The molecule has 1 heterocycles. The van der Waals surface area contributed by atoms with Gasteiger partial charge in [-0.15, -0.1) is 0 Å². The summed E-state index contributed by atoms with van der Waals surface area (Å²) in [5.41, 5.74) is 5.47. The molecule has 0 spiro atoms. The van der Waals surface area contributed by atoms with Crippen LogP contribution in [0.3, 0.4) is 0 Å². The molecular formula is C20H21BrN2O. The van der Waals surface area contributed by atoms with E-state index in [2.05, 4.69) is 46.6 Å². The van der Waals surface area contributed by atoms with E-state index in [1.54, 1.807) is 0 Å². The van der Waals surface area contributed by atoms with Gasteiger partial charge in [0, 0.05) is 39.7 Å². The summed E-state index contributed by atoms with van der Waals surface area (Å²) in [6.45, 7) is 7.85. The Hall–Kier alpha value is -2.07. The molecule has 2 aromatic carbocycles. The molecule has 0 fully saturated rings. The minimum Gasteiger partial charge on any atom is -0.348 e. The second-order valence-electron chi connectivity index (χ2n) is 6.00. The van der Waals surface area contributed by atoms with Crippen molar-refractivity contribution >= 4 is 32.7 Å². The first kappa shape index (κ1) is 16.8. The lowest BCUT2D eigenvalue weighted by Gasteiger charge is -2.07. The number of hydrogen-bond acceptors (Lipinski definition) is 1. The van der Waals surface area contributed by atoms with Gasteiger partial charge in [0.25, 0.3) is 5.91 Å². The van der Waals surface area contributed by atoms with Crippen LogP contribution >= 0.6 is 15.9 Å². The third kappa shape index (κ3) is 3.11. The van der Waals surface area contributed by atoms with E-state index in [0.717, 1.165) is 22.0 Å². The largest absolute Gasteiger partial charge is 0.348 e. The van der Waals surface area contributed by atoms with Crippen LogP contribution in [0.5, 0.6) is 0 Å². The molecule has 3 nitrogen and oxygen atoms in total. The number of benzene rings is 2. The number of amides is 1. The number of carbonyl (C=O) groups is 1. The van der Waals surface area contributed by atoms with Crippen LogP contribution in [0.25, 0.3) is 10.9 Å². The molecule has 1 amide bonds. The number of nitrogens with one attached hydrogen (secondary N) is 1. The number of carbonyl (C=O) groups excluding carboxylic acids is 1. The average Bonchev–Trinajstić information content (AvgIpc) is 2.83. The summed E-state index contributed by atoms with van der Waals surface area (Å²) in [7, 11) is 0. The molecule has 124 valence electrons. The molecule has 0 aliphatic rings. The predicted octanol–water partition coefficient (Wildman–Crippen LogP) is 4.97. The monoisotopic (exact) mass is 384 g/mol. The second-order valence-corrected chi connectivity index (χ2v) is 6.91. The lowest BCUT2D eigenvalue weighted by Crippen LogP contribution is -2.22. The fourth-order valence-corrected chi connectivity index (χ4v) is 3.58. The molecule has 1 aromatic heterocycles. The van der Waals surface area contributed by atoms with Crippen LogP contribution in [0.2, 0.25) is 0 Å². The highest BCUT2D eigenvalue weighted by Gasteiger charge is 2.13. The van der Waals surface area contributed by atoms with E-state index in [9.17, 15) is 4.79 Å². The highest BCUT2D eigenvalue weighted by atomic mass is 79.9. The van der Waals surface area contributed by atoms with E-state index in [1.807, 2.05) is 42.5 Å². The minimum atomic E-state index is -0.0434. The normalized spacial score (nSPS) is 11.0. The average molecular weight is 385 g/mol. The zero-order valence-corrected chi connectivity index (χ0v) is 15.8. The maximum Gasteiger partial charge on any atom is 0.251 e. The van der Waals surface area contributed by atoms with Crippen molar-refractivity contribution in [3.8, 4) is 0 Å². The van der Waals surface area contributed by atoms with Gasteiger partial charge in [-0.1, -0.05) is 28.1 Å². The van der Waals surface area contributed by atoms with Crippen molar-refractivity contribution in [2.45, 2.75) is 33.9 Å². The highest BCUT2D eigenvalue weighted by molar-refractivity contribution is 9.10. The van der Waals surface area contributed by atoms with Crippen molar-refractivity contribution in [3.63, 3.8) is 0 Å². The van der Waals surface area contributed by atoms with Crippen molar-refractivity contribution in [1.82, 2.24) is 9.88 Å². The molecule has 1 N–H and O–H groups in total. The fourth-order valence-electron chi connectivity index (χ4n) is 3.13. The van der Waals surface area contributed by atoms with Gasteiger partial charge < -0.3 is 9.88 Å².